The van der Waals surface area contributed by atoms with E-state index in [1.165, 1.54) is 19.3 Å². The Morgan fingerprint density at radius 3 is 2.71 bits per heavy atom. The molecule has 17 heavy (non-hydrogen) atoms. The lowest BCUT2D eigenvalue weighted by molar-refractivity contribution is 0.0699. The van der Waals surface area contributed by atoms with Gasteiger partial charge in [0.2, 0.25) is 0 Å². The van der Waals surface area contributed by atoms with Gasteiger partial charge in [0.05, 0.1) is 0 Å². The standard InChI is InChI=1S/C12H16ClN3O/c1-2-16(8-9-4-3-5-9)12(17)10-6-7-11(13)15-14-10/h6-7,9H,2-5,8H2,1H3. The molecular weight excluding hydrogens is 238 g/mol. The van der Waals surface area contributed by atoms with Crippen molar-refractivity contribution in [2.24, 2.45) is 5.92 Å². The number of carbonyl (C=O) groups excluding carboxylic acids is 1. The summed E-state index contributed by atoms with van der Waals surface area (Å²) in [6.07, 6.45) is 3.75. The van der Waals surface area contributed by atoms with E-state index in [-0.39, 0.29) is 5.91 Å². The summed E-state index contributed by atoms with van der Waals surface area (Å²) >= 11 is 5.65. The molecule has 1 amide bonds. The summed E-state index contributed by atoms with van der Waals surface area (Å²) in [6.45, 7) is 3.53. The van der Waals surface area contributed by atoms with E-state index in [1.54, 1.807) is 12.1 Å². The lowest BCUT2D eigenvalue weighted by atomic mass is 9.85. The zero-order valence-electron chi connectivity index (χ0n) is 9.90. The predicted octanol–water partition coefficient (Wildman–Crippen LogP) is 2.39. The van der Waals surface area contributed by atoms with E-state index in [0.29, 0.717) is 23.3 Å². The summed E-state index contributed by atoms with van der Waals surface area (Å²) in [5, 5.41) is 7.83. The van der Waals surface area contributed by atoms with Crippen molar-refractivity contribution in [1.29, 1.82) is 0 Å². The second-order valence-electron chi connectivity index (χ2n) is 4.38. The molecule has 0 bridgehead atoms. The fraction of sp³-hybridized carbons (Fsp3) is 0.583. The average Bonchev–Trinajstić information content (AvgIpc) is 2.28. The van der Waals surface area contributed by atoms with Gasteiger partial charge in [0.15, 0.2) is 10.8 Å². The summed E-state index contributed by atoms with van der Waals surface area (Å²) in [4.78, 5) is 14.0. The molecule has 92 valence electrons. The van der Waals surface area contributed by atoms with Crippen LogP contribution in [0.4, 0.5) is 0 Å². The van der Waals surface area contributed by atoms with Gasteiger partial charge in [-0.3, -0.25) is 4.79 Å². The van der Waals surface area contributed by atoms with Gasteiger partial charge in [0.1, 0.15) is 0 Å². The molecule has 1 aliphatic carbocycles. The molecule has 0 atom stereocenters. The third-order valence-electron chi connectivity index (χ3n) is 3.22. The molecule has 1 fully saturated rings. The second-order valence-corrected chi connectivity index (χ2v) is 4.77. The van der Waals surface area contributed by atoms with Crippen LogP contribution in [-0.4, -0.2) is 34.1 Å². The highest BCUT2D eigenvalue weighted by Crippen LogP contribution is 2.27. The zero-order chi connectivity index (χ0) is 12.3. The van der Waals surface area contributed by atoms with E-state index in [2.05, 4.69) is 10.2 Å². The van der Waals surface area contributed by atoms with Gasteiger partial charge in [-0.05, 0) is 37.8 Å². The topological polar surface area (TPSA) is 46.1 Å². The first-order valence-electron chi connectivity index (χ1n) is 5.99. The van der Waals surface area contributed by atoms with Crippen molar-refractivity contribution in [3.8, 4) is 0 Å². The SMILES string of the molecule is CCN(CC1CCC1)C(=O)c1ccc(Cl)nn1. The first-order chi connectivity index (χ1) is 8.20. The number of carbonyl (C=O) groups is 1. The molecule has 1 aliphatic rings. The van der Waals surface area contributed by atoms with Gasteiger partial charge >= 0.3 is 0 Å². The van der Waals surface area contributed by atoms with Crippen molar-refractivity contribution in [3.05, 3.63) is 23.0 Å². The van der Waals surface area contributed by atoms with Gasteiger partial charge in [-0.25, -0.2) is 0 Å². The highest BCUT2D eigenvalue weighted by atomic mass is 35.5. The minimum absolute atomic E-state index is 0.0523. The van der Waals surface area contributed by atoms with Crippen LogP contribution in [0.15, 0.2) is 12.1 Å². The molecule has 0 spiro atoms. The van der Waals surface area contributed by atoms with Crippen LogP contribution in [0.25, 0.3) is 0 Å². The molecular formula is C12H16ClN3O. The van der Waals surface area contributed by atoms with Gasteiger partial charge < -0.3 is 4.90 Å². The first kappa shape index (κ1) is 12.3. The van der Waals surface area contributed by atoms with Crippen molar-refractivity contribution < 1.29 is 4.79 Å². The number of amides is 1. The van der Waals surface area contributed by atoms with Crippen LogP contribution in [0.5, 0.6) is 0 Å². The molecule has 0 unspecified atom stereocenters. The van der Waals surface area contributed by atoms with Gasteiger partial charge in [-0.2, -0.15) is 0 Å². The highest BCUT2D eigenvalue weighted by Gasteiger charge is 2.24. The lowest BCUT2D eigenvalue weighted by Gasteiger charge is -2.31. The molecule has 0 N–H and O–H groups in total. The Kier molecular flexibility index (Phi) is 3.94. The van der Waals surface area contributed by atoms with Gasteiger partial charge in [0, 0.05) is 13.1 Å². The molecule has 0 aromatic carbocycles. The predicted molar refractivity (Wildman–Crippen MR) is 66.0 cm³/mol. The van der Waals surface area contributed by atoms with E-state index in [1.807, 2.05) is 11.8 Å². The molecule has 5 heteroatoms. The molecule has 2 rings (SSSR count). The molecule has 1 aromatic rings. The fourth-order valence-electron chi connectivity index (χ4n) is 1.93. The molecule has 1 saturated carbocycles. The minimum atomic E-state index is -0.0523. The third-order valence-corrected chi connectivity index (χ3v) is 3.42. The van der Waals surface area contributed by atoms with Crippen LogP contribution in [0.3, 0.4) is 0 Å². The average molecular weight is 254 g/mol. The highest BCUT2D eigenvalue weighted by molar-refractivity contribution is 6.29. The van der Waals surface area contributed by atoms with Crippen LogP contribution < -0.4 is 0 Å². The number of aromatic nitrogens is 2. The van der Waals surface area contributed by atoms with E-state index in [4.69, 9.17) is 11.6 Å². The maximum Gasteiger partial charge on any atom is 0.274 e. The summed E-state index contributed by atoms with van der Waals surface area (Å²) in [5.41, 5.74) is 0.371. The zero-order valence-corrected chi connectivity index (χ0v) is 10.7. The maximum atomic E-state index is 12.1. The number of hydrogen-bond donors (Lipinski definition) is 0. The van der Waals surface area contributed by atoms with Crippen LogP contribution in [0, 0.1) is 5.92 Å². The summed E-state index contributed by atoms with van der Waals surface area (Å²) in [6, 6.07) is 3.22. The molecule has 0 radical (unpaired) electrons. The van der Waals surface area contributed by atoms with Crippen LogP contribution in [-0.2, 0) is 0 Å². The van der Waals surface area contributed by atoms with Gasteiger partial charge in [-0.15, -0.1) is 10.2 Å². The first-order valence-corrected chi connectivity index (χ1v) is 6.37. The Bertz CT molecular complexity index is 389. The Hall–Kier alpha value is -1.16. The Labute approximate surface area is 106 Å². The largest absolute Gasteiger partial charge is 0.337 e. The lowest BCUT2D eigenvalue weighted by Crippen LogP contribution is -2.37. The Balaban J connectivity index is 2.02. The molecule has 1 aromatic heterocycles. The molecule has 4 nitrogen and oxygen atoms in total. The summed E-state index contributed by atoms with van der Waals surface area (Å²) in [5.74, 6) is 0.614. The van der Waals surface area contributed by atoms with E-state index in [0.717, 1.165) is 6.54 Å². The third kappa shape index (κ3) is 2.94. The summed E-state index contributed by atoms with van der Waals surface area (Å²) < 4.78 is 0. The van der Waals surface area contributed by atoms with Crippen LogP contribution in [0.1, 0.15) is 36.7 Å². The van der Waals surface area contributed by atoms with Crippen molar-refractivity contribution in [3.63, 3.8) is 0 Å². The number of nitrogens with zero attached hydrogens (tertiary/aromatic N) is 3. The monoisotopic (exact) mass is 253 g/mol. The van der Waals surface area contributed by atoms with E-state index in [9.17, 15) is 4.79 Å². The molecule has 0 aliphatic heterocycles. The van der Waals surface area contributed by atoms with Crippen molar-refractivity contribution >= 4 is 17.5 Å². The maximum absolute atomic E-state index is 12.1. The van der Waals surface area contributed by atoms with Crippen molar-refractivity contribution in [1.82, 2.24) is 15.1 Å². The normalized spacial score (nSPS) is 15.4. The number of rotatable bonds is 4. The Morgan fingerprint density at radius 1 is 1.47 bits per heavy atom. The number of hydrogen-bond acceptors (Lipinski definition) is 3. The number of halogens is 1. The van der Waals surface area contributed by atoms with Gasteiger partial charge in [-0.1, -0.05) is 18.0 Å². The van der Waals surface area contributed by atoms with Crippen LogP contribution >= 0.6 is 11.6 Å². The second kappa shape index (κ2) is 5.45. The quantitative estimate of drug-likeness (QED) is 0.828. The minimum Gasteiger partial charge on any atom is -0.337 e. The Morgan fingerprint density at radius 2 is 2.24 bits per heavy atom. The van der Waals surface area contributed by atoms with E-state index < -0.39 is 0 Å². The molecule has 1 heterocycles. The summed E-state index contributed by atoms with van der Waals surface area (Å²) in [7, 11) is 0. The van der Waals surface area contributed by atoms with Gasteiger partial charge in [0.25, 0.3) is 5.91 Å². The smallest absolute Gasteiger partial charge is 0.274 e. The van der Waals surface area contributed by atoms with Crippen LogP contribution in [0.2, 0.25) is 5.15 Å². The molecule has 0 saturated heterocycles. The van der Waals surface area contributed by atoms with E-state index >= 15 is 0 Å². The van der Waals surface area contributed by atoms with Crippen molar-refractivity contribution in [2.75, 3.05) is 13.1 Å². The van der Waals surface area contributed by atoms with Crippen molar-refractivity contribution in [2.45, 2.75) is 26.2 Å². The fourth-order valence-corrected chi connectivity index (χ4v) is 2.04.